The number of fused-ring (bicyclic) bond motifs is 1. The molecule has 4 bridgehead atoms. The lowest BCUT2D eigenvalue weighted by atomic mass is 9.52. The highest BCUT2D eigenvalue weighted by Crippen LogP contribution is 2.60. The molecule has 7 heteroatoms. The average Bonchev–Trinajstić information content (AvgIpc) is 2.93. The first-order valence-electron chi connectivity index (χ1n) is 13.8. The number of aromatic carboxylic acids is 1. The number of para-hydroxylation sites is 1. The van der Waals surface area contributed by atoms with E-state index in [0.717, 1.165) is 43.2 Å². The number of benzene rings is 3. The fourth-order valence-electron chi connectivity index (χ4n) is 7.48. The van der Waals surface area contributed by atoms with Gasteiger partial charge in [-0.05, 0) is 105 Å². The van der Waals surface area contributed by atoms with Crippen molar-refractivity contribution < 1.29 is 28.9 Å². The van der Waals surface area contributed by atoms with Crippen LogP contribution in [-0.4, -0.2) is 33.2 Å². The molecule has 1 aromatic heterocycles. The first-order valence-corrected chi connectivity index (χ1v) is 13.8. The molecule has 4 aromatic rings. The number of carbonyl (C=O) groups excluding carboxylic acids is 1. The molecule has 40 heavy (non-hydrogen) atoms. The molecule has 0 radical (unpaired) electrons. The lowest BCUT2D eigenvalue weighted by Crippen LogP contribution is -2.63. The van der Waals surface area contributed by atoms with Crippen molar-refractivity contribution in [3.63, 3.8) is 0 Å². The number of carboxylic acids is 1. The van der Waals surface area contributed by atoms with E-state index < -0.39 is 11.9 Å². The first-order chi connectivity index (χ1) is 19.4. The molecule has 3 aromatic carbocycles. The van der Waals surface area contributed by atoms with Crippen LogP contribution in [0.1, 0.15) is 59.2 Å². The summed E-state index contributed by atoms with van der Waals surface area (Å²) in [7, 11) is 0. The zero-order chi connectivity index (χ0) is 27.3. The van der Waals surface area contributed by atoms with Crippen molar-refractivity contribution in [2.45, 2.75) is 49.7 Å². The summed E-state index contributed by atoms with van der Waals surface area (Å²) in [6.07, 6.45) is 7.62. The number of hydrogen-bond donors (Lipinski definition) is 1. The van der Waals surface area contributed by atoms with Crippen molar-refractivity contribution in [1.82, 2.24) is 4.98 Å². The largest absolute Gasteiger partial charge is 0.487 e. The molecular formula is C33H29NO6. The van der Waals surface area contributed by atoms with Crippen LogP contribution in [0.2, 0.25) is 0 Å². The van der Waals surface area contributed by atoms with Crippen LogP contribution in [0.25, 0.3) is 10.9 Å². The van der Waals surface area contributed by atoms with Gasteiger partial charge in [-0.1, -0.05) is 18.2 Å². The summed E-state index contributed by atoms with van der Waals surface area (Å²) >= 11 is 0. The highest BCUT2D eigenvalue weighted by molar-refractivity contribution is 5.94. The topological polar surface area (TPSA) is 95.0 Å². The van der Waals surface area contributed by atoms with E-state index in [2.05, 4.69) is 4.98 Å². The molecule has 1 N–H and O–H groups in total. The fraction of sp³-hybridized carbons (Fsp3) is 0.303. The Kier molecular flexibility index (Phi) is 5.77. The number of ether oxygens (including phenoxy) is 3. The van der Waals surface area contributed by atoms with Gasteiger partial charge in [0.05, 0.1) is 11.1 Å². The Morgan fingerprint density at radius 2 is 1.32 bits per heavy atom. The third kappa shape index (κ3) is 4.55. The first kappa shape index (κ1) is 24.6. The van der Waals surface area contributed by atoms with E-state index in [4.69, 9.17) is 14.2 Å². The predicted octanol–water partition coefficient (Wildman–Crippen LogP) is 6.70. The van der Waals surface area contributed by atoms with E-state index in [0.29, 0.717) is 34.4 Å². The molecule has 202 valence electrons. The average molecular weight is 536 g/mol. The summed E-state index contributed by atoms with van der Waals surface area (Å²) in [4.78, 5) is 28.5. The van der Waals surface area contributed by atoms with Gasteiger partial charge in [0.2, 0.25) is 0 Å². The van der Waals surface area contributed by atoms with Gasteiger partial charge in [-0.3, -0.25) is 4.98 Å². The third-order valence-electron chi connectivity index (χ3n) is 8.61. The Morgan fingerprint density at radius 3 is 1.93 bits per heavy atom. The molecule has 0 amide bonds. The maximum atomic E-state index is 12.9. The molecule has 7 nitrogen and oxygen atoms in total. The van der Waals surface area contributed by atoms with E-state index in [1.807, 2.05) is 36.4 Å². The summed E-state index contributed by atoms with van der Waals surface area (Å²) in [5, 5.41) is 10.1. The number of carboxylic acid groups (broad SMARTS) is 1. The molecule has 0 saturated heterocycles. The van der Waals surface area contributed by atoms with Crippen molar-refractivity contribution >= 4 is 22.8 Å². The second kappa shape index (κ2) is 9.37. The van der Waals surface area contributed by atoms with Crippen LogP contribution in [0, 0.1) is 11.8 Å². The minimum absolute atomic E-state index is 0.249. The molecule has 4 saturated carbocycles. The molecule has 4 aliphatic carbocycles. The van der Waals surface area contributed by atoms with Gasteiger partial charge in [0.25, 0.3) is 0 Å². The number of hydrogen-bond acceptors (Lipinski definition) is 6. The van der Waals surface area contributed by atoms with Crippen LogP contribution >= 0.6 is 0 Å². The van der Waals surface area contributed by atoms with Gasteiger partial charge in [-0.25, -0.2) is 9.59 Å². The van der Waals surface area contributed by atoms with Crippen molar-refractivity contribution in [3.8, 4) is 17.2 Å². The smallest absolute Gasteiger partial charge is 0.343 e. The third-order valence-corrected chi connectivity index (χ3v) is 8.61. The van der Waals surface area contributed by atoms with E-state index in [1.54, 1.807) is 48.7 Å². The molecule has 4 fully saturated rings. The number of aromatic nitrogens is 1. The normalized spacial score (nSPS) is 26.4. The Bertz CT molecular complexity index is 1580. The standard InChI is InChI=1S/C33H29NO6/c35-30(36)24-6-10-26(11-7-24)39-32-16-21-15-22(17-32)19-33(18-21,20-32)40-27-12-8-25(9-13-27)31(37)38-28-5-1-3-23-4-2-14-34-29(23)28/h1-14,21-22H,15-20H2,(H,35,36). The van der Waals surface area contributed by atoms with Gasteiger partial charge in [-0.2, -0.15) is 0 Å². The SMILES string of the molecule is O=C(O)c1ccc(OC23CC4CC(C2)CC(Oc2ccc(C(=O)Oc5cccc6cccnc56)cc2)(C4)C3)cc1. The van der Waals surface area contributed by atoms with Crippen LogP contribution in [0.15, 0.2) is 85.1 Å². The molecule has 1 heterocycles. The Balaban J connectivity index is 1.06. The minimum Gasteiger partial charge on any atom is -0.487 e. The number of nitrogens with zero attached hydrogens (tertiary/aromatic N) is 1. The fourth-order valence-corrected chi connectivity index (χ4v) is 7.48. The number of rotatable bonds is 7. The van der Waals surface area contributed by atoms with Crippen LogP contribution in [0.5, 0.6) is 17.2 Å². The van der Waals surface area contributed by atoms with Crippen molar-refractivity contribution in [3.05, 3.63) is 96.2 Å². The Hall–Kier alpha value is -4.39. The molecule has 0 aliphatic heterocycles. The highest BCUT2D eigenvalue weighted by atomic mass is 16.5. The number of carbonyl (C=O) groups is 2. The van der Waals surface area contributed by atoms with E-state index in [9.17, 15) is 14.7 Å². The molecule has 4 aliphatic rings. The molecule has 2 unspecified atom stereocenters. The second-order valence-corrected chi connectivity index (χ2v) is 11.6. The lowest BCUT2D eigenvalue weighted by Gasteiger charge is -2.60. The minimum atomic E-state index is -0.946. The van der Waals surface area contributed by atoms with Gasteiger partial charge >= 0.3 is 11.9 Å². The van der Waals surface area contributed by atoms with Crippen LogP contribution in [0.3, 0.4) is 0 Å². The predicted molar refractivity (Wildman–Crippen MR) is 148 cm³/mol. The van der Waals surface area contributed by atoms with Gasteiger partial charge in [-0.15, -0.1) is 0 Å². The van der Waals surface area contributed by atoms with Crippen molar-refractivity contribution in [1.29, 1.82) is 0 Å². The molecule has 8 rings (SSSR count). The maximum absolute atomic E-state index is 12.9. The highest BCUT2D eigenvalue weighted by Gasteiger charge is 2.60. The summed E-state index contributed by atoms with van der Waals surface area (Å²) in [6, 6.07) is 23.2. The quantitative estimate of drug-likeness (QED) is 0.208. The van der Waals surface area contributed by atoms with Crippen LogP contribution in [-0.2, 0) is 0 Å². The van der Waals surface area contributed by atoms with E-state index >= 15 is 0 Å². The van der Waals surface area contributed by atoms with Crippen LogP contribution in [0.4, 0.5) is 0 Å². The summed E-state index contributed by atoms with van der Waals surface area (Å²) in [5.74, 6) is 1.53. The summed E-state index contributed by atoms with van der Waals surface area (Å²) in [5.41, 5.74) is 0.704. The van der Waals surface area contributed by atoms with Crippen LogP contribution < -0.4 is 14.2 Å². The molecule has 2 atom stereocenters. The maximum Gasteiger partial charge on any atom is 0.343 e. The number of pyridine rings is 1. The molecule has 0 spiro atoms. The molecular weight excluding hydrogens is 506 g/mol. The van der Waals surface area contributed by atoms with Gasteiger partial charge in [0.15, 0.2) is 5.75 Å². The van der Waals surface area contributed by atoms with Crippen molar-refractivity contribution in [2.75, 3.05) is 0 Å². The summed E-state index contributed by atoms with van der Waals surface area (Å²) < 4.78 is 19.0. The summed E-state index contributed by atoms with van der Waals surface area (Å²) in [6.45, 7) is 0. The van der Waals surface area contributed by atoms with E-state index in [-0.39, 0.29) is 16.8 Å². The second-order valence-electron chi connectivity index (χ2n) is 11.6. The van der Waals surface area contributed by atoms with Gasteiger partial charge in [0.1, 0.15) is 28.2 Å². The number of esters is 1. The van der Waals surface area contributed by atoms with E-state index in [1.165, 1.54) is 6.42 Å². The van der Waals surface area contributed by atoms with Gasteiger partial charge < -0.3 is 19.3 Å². The lowest BCUT2D eigenvalue weighted by molar-refractivity contribution is -0.177. The zero-order valence-corrected chi connectivity index (χ0v) is 21.9. The Morgan fingerprint density at radius 1 is 0.750 bits per heavy atom. The van der Waals surface area contributed by atoms with Crippen molar-refractivity contribution in [2.24, 2.45) is 11.8 Å². The monoisotopic (exact) mass is 535 g/mol. The van der Waals surface area contributed by atoms with Gasteiger partial charge in [0, 0.05) is 18.0 Å². The zero-order valence-electron chi connectivity index (χ0n) is 21.9. The Labute approximate surface area is 231 Å².